The average molecular weight is 238 g/mol. The minimum Gasteiger partial charge on any atom is -0.481 e. The SMILES string of the molecule is C=CCOC(=O)C(CC(=O)O)S(=O)(=O)O. The highest BCUT2D eigenvalue weighted by Gasteiger charge is 2.34. The van der Waals surface area contributed by atoms with Crippen LogP contribution in [0.1, 0.15) is 6.42 Å². The van der Waals surface area contributed by atoms with Crippen molar-refractivity contribution in [3.05, 3.63) is 12.7 Å². The van der Waals surface area contributed by atoms with Crippen molar-refractivity contribution in [2.75, 3.05) is 6.61 Å². The molecule has 0 saturated heterocycles. The van der Waals surface area contributed by atoms with E-state index in [1.165, 1.54) is 6.08 Å². The maximum absolute atomic E-state index is 11.0. The van der Waals surface area contributed by atoms with Crippen molar-refractivity contribution in [3.63, 3.8) is 0 Å². The second-order valence-corrected chi connectivity index (χ2v) is 4.12. The Labute approximate surface area is 86.1 Å². The molecule has 0 rings (SSSR count). The fraction of sp³-hybridized carbons (Fsp3) is 0.429. The lowest BCUT2D eigenvalue weighted by atomic mass is 10.3. The van der Waals surface area contributed by atoms with E-state index in [1.807, 2.05) is 0 Å². The van der Waals surface area contributed by atoms with Crippen LogP contribution in [0, 0.1) is 0 Å². The van der Waals surface area contributed by atoms with Crippen LogP contribution in [0.4, 0.5) is 0 Å². The van der Waals surface area contributed by atoms with Gasteiger partial charge in [0.1, 0.15) is 6.61 Å². The molecule has 0 spiro atoms. The maximum atomic E-state index is 11.0. The van der Waals surface area contributed by atoms with Crippen LogP contribution in [0.5, 0.6) is 0 Å². The lowest BCUT2D eigenvalue weighted by Gasteiger charge is -2.09. The molecule has 0 aliphatic rings. The largest absolute Gasteiger partial charge is 0.481 e. The van der Waals surface area contributed by atoms with Crippen molar-refractivity contribution in [3.8, 4) is 0 Å². The quantitative estimate of drug-likeness (QED) is 0.362. The maximum Gasteiger partial charge on any atom is 0.327 e. The molecule has 0 aliphatic heterocycles. The van der Waals surface area contributed by atoms with E-state index in [0.29, 0.717) is 0 Å². The normalized spacial score (nSPS) is 12.9. The van der Waals surface area contributed by atoms with E-state index in [1.54, 1.807) is 0 Å². The molecule has 0 bridgehead atoms. The summed E-state index contributed by atoms with van der Waals surface area (Å²) in [4.78, 5) is 21.2. The molecule has 0 amide bonds. The number of carbonyl (C=O) groups excluding carboxylic acids is 1. The average Bonchev–Trinajstić information content (AvgIpc) is 2.08. The Morgan fingerprint density at radius 2 is 2.00 bits per heavy atom. The van der Waals surface area contributed by atoms with Gasteiger partial charge in [-0.3, -0.25) is 14.1 Å². The Kier molecular flexibility index (Phi) is 4.95. The van der Waals surface area contributed by atoms with Gasteiger partial charge in [0.15, 0.2) is 5.25 Å². The highest BCUT2D eigenvalue weighted by molar-refractivity contribution is 7.87. The third-order valence-electron chi connectivity index (χ3n) is 1.33. The smallest absolute Gasteiger partial charge is 0.327 e. The van der Waals surface area contributed by atoms with E-state index in [9.17, 15) is 18.0 Å². The van der Waals surface area contributed by atoms with E-state index in [0.717, 1.165) is 0 Å². The molecule has 1 atom stereocenters. The first kappa shape index (κ1) is 13.6. The van der Waals surface area contributed by atoms with E-state index < -0.39 is 33.7 Å². The molecule has 1 unspecified atom stereocenters. The predicted molar refractivity (Wildman–Crippen MR) is 48.7 cm³/mol. The zero-order valence-electron chi connectivity index (χ0n) is 7.62. The van der Waals surface area contributed by atoms with Gasteiger partial charge in [-0.25, -0.2) is 0 Å². The number of carbonyl (C=O) groups is 2. The fourth-order valence-electron chi connectivity index (χ4n) is 0.703. The van der Waals surface area contributed by atoms with Crippen molar-refractivity contribution in [1.82, 2.24) is 0 Å². The van der Waals surface area contributed by atoms with E-state index >= 15 is 0 Å². The van der Waals surface area contributed by atoms with Crippen molar-refractivity contribution >= 4 is 22.1 Å². The van der Waals surface area contributed by atoms with Gasteiger partial charge >= 0.3 is 11.9 Å². The second kappa shape index (κ2) is 5.47. The lowest BCUT2D eigenvalue weighted by molar-refractivity contribution is -0.146. The number of aliphatic carboxylic acids is 1. The number of carboxylic acids is 1. The van der Waals surface area contributed by atoms with E-state index in [-0.39, 0.29) is 6.61 Å². The van der Waals surface area contributed by atoms with Gasteiger partial charge in [-0.05, 0) is 0 Å². The predicted octanol–water partition coefficient (Wildman–Crippen LogP) is -0.553. The molecule has 0 radical (unpaired) electrons. The molecule has 0 aliphatic carbocycles. The summed E-state index contributed by atoms with van der Waals surface area (Å²) in [6.45, 7) is 2.95. The van der Waals surface area contributed by atoms with Gasteiger partial charge in [0, 0.05) is 0 Å². The summed E-state index contributed by atoms with van der Waals surface area (Å²) in [5.74, 6) is -2.85. The molecular formula is C7H10O7S. The number of carboxylic acid groups (broad SMARTS) is 1. The summed E-state index contributed by atoms with van der Waals surface area (Å²) in [6, 6.07) is 0. The minimum atomic E-state index is -4.78. The van der Waals surface area contributed by atoms with Crippen LogP contribution in [0.25, 0.3) is 0 Å². The van der Waals surface area contributed by atoms with Crippen LogP contribution >= 0.6 is 0 Å². The van der Waals surface area contributed by atoms with Gasteiger partial charge in [-0.1, -0.05) is 12.7 Å². The Morgan fingerprint density at radius 3 is 2.33 bits per heavy atom. The number of hydrogen-bond acceptors (Lipinski definition) is 5. The Morgan fingerprint density at radius 1 is 1.47 bits per heavy atom. The first-order valence-corrected chi connectivity index (χ1v) is 5.25. The molecule has 2 N–H and O–H groups in total. The molecule has 0 aromatic rings. The van der Waals surface area contributed by atoms with E-state index in [4.69, 9.17) is 9.66 Å². The molecule has 7 nitrogen and oxygen atoms in total. The zero-order valence-corrected chi connectivity index (χ0v) is 8.44. The van der Waals surface area contributed by atoms with Crippen LogP contribution < -0.4 is 0 Å². The van der Waals surface area contributed by atoms with Crippen molar-refractivity contribution < 1.29 is 32.4 Å². The second-order valence-electron chi connectivity index (χ2n) is 2.52. The van der Waals surface area contributed by atoms with Crippen molar-refractivity contribution in [2.45, 2.75) is 11.7 Å². The summed E-state index contributed by atoms with van der Waals surface area (Å²) >= 11 is 0. The zero-order chi connectivity index (χ0) is 12.1. The van der Waals surface area contributed by atoms with Crippen molar-refractivity contribution in [1.29, 1.82) is 0 Å². The molecule has 15 heavy (non-hydrogen) atoms. The lowest BCUT2D eigenvalue weighted by Crippen LogP contribution is -2.33. The Hall–Kier alpha value is -1.41. The summed E-state index contributed by atoms with van der Waals surface area (Å²) < 4.78 is 34.2. The third-order valence-corrected chi connectivity index (χ3v) is 2.40. The van der Waals surface area contributed by atoms with Gasteiger partial charge in [-0.15, -0.1) is 0 Å². The first-order chi connectivity index (χ1) is 6.79. The number of hydrogen-bond donors (Lipinski definition) is 2. The fourth-order valence-corrected chi connectivity index (χ4v) is 1.37. The van der Waals surface area contributed by atoms with E-state index in [2.05, 4.69) is 11.3 Å². The standard InChI is InChI=1S/C7H10O7S/c1-2-3-14-7(10)5(4-6(8)9)15(11,12)13/h2,5H,1,3-4H2,(H,8,9)(H,11,12,13). The van der Waals surface area contributed by atoms with Gasteiger partial charge in [-0.2, -0.15) is 8.42 Å². The molecule has 0 saturated carbocycles. The number of esters is 1. The van der Waals surface area contributed by atoms with Gasteiger partial charge < -0.3 is 9.84 Å². The van der Waals surface area contributed by atoms with Crippen LogP contribution in [0.2, 0.25) is 0 Å². The Balaban J connectivity index is 4.71. The molecular weight excluding hydrogens is 228 g/mol. The molecule has 0 aromatic heterocycles. The summed E-state index contributed by atoms with van der Waals surface area (Å²) in [7, 11) is -4.78. The van der Waals surface area contributed by atoms with Crippen LogP contribution in [-0.4, -0.2) is 41.9 Å². The van der Waals surface area contributed by atoms with Crippen LogP contribution in [-0.2, 0) is 24.4 Å². The molecule has 0 fully saturated rings. The monoisotopic (exact) mass is 238 g/mol. The van der Waals surface area contributed by atoms with Gasteiger partial charge in [0.2, 0.25) is 0 Å². The van der Waals surface area contributed by atoms with Crippen LogP contribution in [0.15, 0.2) is 12.7 Å². The molecule has 0 heterocycles. The topological polar surface area (TPSA) is 118 Å². The highest BCUT2D eigenvalue weighted by Crippen LogP contribution is 2.07. The molecule has 86 valence electrons. The molecule has 0 aromatic carbocycles. The van der Waals surface area contributed by atoms with Crippen LogP contribution in [0.3, 0.4) is 0 Å². The third kappa shape index (κ3) is 5.13. The van der Waals surface area contributed by atoms with Gasteiger partial charge in [0.25, 0.3) is 10.1 Å². The Bertz CT molecular complexity index is 356. The number of ether oxygens (including phenoxy) is 1. The summed E-state index contributed by atoms with van der Waals surface area (Å²) in [6.07, 6.45) is 0.133. The summed E-state index contributed by atoms with van der Waals surface area (Å²) in [5.41, 5.74) is 0. The number of rotatable bonds is 6. The highest BCUT2D eigenvalue weighted by atomic mass is 32.2. The van der Waals surface area contributed by atoms with Gasteiger partial charge in [0.05, 0.1) is 6.42 Å². The van der Waals surface area contributed by atoms with Crippen molar-refractivity contribution in [2.24, 2.45) is 0 Å². The molecule has 8 heteroatoms. The minimum absolute atomic E-state index is 0.259. The first-order valence-electron chi connectivity index (χ1n) is 3.74. The summed E-state index contributed by atoms with van der Waals surface area (Å²) in [5, 5.41) is 6.22.